The SMILES string of the molecule is CNc1cc(Cl)c(C(=O)OC)cc1N. The molecule has 14 heavy (non-hydrogen) atoms. The average molecular weight is 215 g/mol. The van der Waals surface area contributed by atoms with E-state index in [1.807, 2.05) is 0 Å². The van der Waals surface area contributed by atoms with E-state index in [0.717, 1.165) is 0 Å². The highest BCUT2D eigenvalue weighted by Gasteiger charge is 2.12. The fourth-order valence-corrected chi connectivity index (χ4v) is 1.31. The van der Waals surface area contributed by atoms with Crippen molar-refractivity contribution >= 4 is 28.9 Å². The smallest absolute Gasteiger partial charge is 0.339 e. The summed E-state index contributed by atoms with van der Waals surface area (Å²) in [5.74, 6) is -0.496. The lowest BCUT2D eigenvalue weighted by molar-refractivity contribution is 0.0601. The molecule has 0 amide bonds. The molecule has 0 heterocycles. The summed E-state index contributed by atoms with van der Waals surface area (Å²) < 4.78 is 4.55. The van der Waals surface area contributed by atoms with Crippen LogP contribution < -0.4 is 11.1 Å². The minimum Gasteiger partial charge on any atom is -0.465 e. The third kappa shape index (κ3) is 1.90. The molecule has 0 aliphatic carbocycles. The summed E-state index contributed by atoms with van der Waals surface area (Å²) >= 11 is 5.86. The lowest BCUT2D eigenvalue weighted by Gasteiger charge is -2.08. The molecule has 0 radical (unpaired) electrons. The minimum atomic E-state index is -0.496. The zero-order chi connectivity index (χ0) is 10.7. The molecule has 0 saturated heterocycles. The zero-order valence-electron chi connectivity index (χ0n) is 7.93. The third-order valence-corrected chi connectivity index (χ3v) is 2.13. The van der Waals surface area contributed by atoms with Gasteiger partial charge in [0.05, 0.1) is 29.1 Å². The van der Waals surface area contributed by atoms with Crippen LogP contribution >= 0.6 is 11.6 Å². The van der Waals surface area contributed by atoms with Crippen molar-refractivity contribution in [3.8, 4) is 0 Å². The Balaban J connectivity index is 3.21. The number of carbonyl (C=O) groups is 1. The van der Waals surface area contributed by atoms with Gasteiger partial charge in [0.1, 0.15) is 0 Å². The van der Waals surface area contributed by atoms with Gasteiger partial charge in [0.25, 0.3) is 0 Å². The van der Waals surface area contributed by atoms with Gasteiger partial charge in [0.15, 0.2) is 0 Å². The first-order valence-electron chi connectivity index (χ1n) is 3.95. The first-order chi connectivity index (χ1) is 6.60. The molecule has 1 rings (SSSR count). The van der Waals surface area contributed by atoms with Crippen molar-refractivity contribution in [2.45, 2.75) is 0 Å². The molecule has 0 fully saturated rings. The summed E-state index contributed by atoms with van der Waals surface area (Å²) in [7, 11) is 3.01. The minimum absolute atomic E-state index is 0.269. The van der Waals surface area contributed by atoms with Gasteiger partial charge in [-0.15, -0.1) is 0 Å². The zero-order valence-corrected chi connectivity index (χ0v) is 8.68. The lowest BCUT2D eigenvalue weighted by atomic mass is 10.1. The Bertz CT molecular complexity index is 366. The number of esters is 1. The van der Waals surface area contributed by atoms with Gasteiger partial charge in [-0.05, 0) is 12.1 Å². The van der Waals surface area contributed by atoms with Crippen LogP contribution in [0.3, 0.4) is 0 Å². The number of methoxy groups -OCH3 is 1. The van der Waals surface area contributed by atoms with E-state index in [1.165, 1.54) is 13.2 Å². The van der Waals surface area contributed by atoms with Crippen LogP contribution in [0.1, 0.15) is 10.4 Å². The van der Waals surface area contributed by atoms with Crippen LogP contribution in [0, 0.1) is 0 Å². The molecular formula is C9H11ClN2O2. The Kier molecular flexibility index (Phi) is 3.19. The maximum Gasteiger partial charge on any atom is 0.339 e. The summed E-state index contributed by atoms with van der Waals surface area (Å²) in [4.78, 5) is 11.2. The van der Waals surface area contributed by atoms with Crippen LogP contribution in [0.2, 0.25) is 5.02 Å². The second-order valence-electron chi connectivity index (χ2n) is 2.66. The summed E-state index contributed by atoms with van der Waals surface area (Å²) in [6.07, 6.45) is 0. The Morgan fingerprint density at radius 1 is 1.57 bits per heavy atom. The molecule has 0 spiro atoms. The van der Waals surface area contributed by atoms with Crippen LogP contribution in [-0.4, -0.2) is 20.1 Å². The number of hydrogen-bond donors (Lipinski definition) is 2. The van der Waals surface area contributed by atoms with Gasteiger partial charge >= 0.3 is 5.97 Å². The second-order valence-corrected chi connectivity index (χ2v) is 3.07. The van der Waals surface area contributed by atoms with Crippen molar-refractivity contribution in [1.82, 2.24) is 0 Å². The highest BCUT2D eigenvalue weighted by atomic mass is 35.5. The van der Waals surface area contributed by atoms with Crippen LogP contribution in [0.5, 0.6) is 0 Å². The van der Waals surface area contributed by atoms with Gasteiger partial charge in [-0.1, -0.05) is 11.6 Å². The third-order valence-electron chi connectivity index (χ3n) is 1.81. The Morgan fingerprint density at radius 3 is 2.71 bits per heavy atom. The number of nitrogen functional groups attached to an aromatic ring is 1. The predicted molar refractivity (Wildman–Crippen MR) is 56.8 cm³/mol. The van der Waals surface area contributed by atoms with E-state index in [2.05, 4.69) is 10.1 Å². The standard InChI is InChI=1S/C9H11ClN2O2/c1-12-8-4-6(10)5(3-7(8)11)9(13)14-2/h3-4,12H,11H2,1-2H3. The average Bonchev–Trinajstić information content (AvgIpc) is 2.19. The second kappa shape index (κ2) is 4.19. The van der Waals surface area contributed by atoms with Gasteiger partial charge in [-0.2, -0.15) is 0 Å². The van der Waals surface area contributed by atoms with Gasteiger partial charge < -0.3 is 15.8 Å². The predicted octanol–water partition coefficient (Wildman–Crippen LogP) is 1.75. The first kappa shape index (κ1) is 10.7. The molecule has 4 nitrogen and oxygen atoms in total. The van der Waals surface area contributed by atoms with Crippen LogP contribution in [-0.2, 0) is 4.74 Å². The number of benzene rings is 1. The van der Waals surface area contributed by atoms with E-state index in [0.29, 0.717) is 16.4 Å². The van der Waals surface area contributed by atoms with Crippen molar-refractivity contribution in [3.63, 3.8) is 0 Å². The number of nitrogens with two attached hydrogens (primary N) is 1. The quantitative estimate of drug-likeness (QED) is 0.582. The number of rotatable bonds is 2. The lowest BCUT2D eigenvalue weighted by Crippen LogP contribution is -2.05. The van der Waals surface area contributed by atoms with Crippen molar-refractivity contribution in [3.05, 3.63) is 22.7 Å². The van der Waals surface area contributed by atoms with Crippen molar-refractivity contribution < 1.29 is 9.53 Å². The summed E-state index contributed by atoms with van der Waals surface area (Å²) in [5.41, 5.74) is 7.07. The fourth-order valence-electron chi connectivity index (χ4n) is 1.07. The van der Waals surface area contributed by atoms with Gasteiger partial charge in [-0.3, -0.25) is 0 Å². The first-order valence-corrected chi connectivity index (χ1v) is 4.33. The topological polar surface area (TPSA) is 64.3 Å². The van der Waals surface area contributed by atoms with E-state index >= 15 is 0 Å². The van der Waals surface area contributed by atoms with Crippen LogP contribution in [0.25, 0.3) is 0 Å². The van der Waals surface area contributed by atoms with E-state index in [1.54, 1.807) is 13.1 Å². The van der Waals surface area contributed by atoms with Gasteiger partial charge in [-0.25, -0.2) is 4.79 Å². The summed E-state index contributed by atoms with van der Waals surface area (Å²) in [5, 5.41) is 3.17. The maximum absolute atomic E-state index is 11.2. The van der Waals surface area contributed by atoms with Crippen LogP contribution in [0.15, 0.2) is 12.1 Å². The van der Waals surface area contributed by atoms with E-state index in [4.69, 9.17) is 17.3 Å². The van der Waals surface area contributed by atoms with Crippen LogP contribution in [0.4, 0.5) is 11.4 Å². The van der Waals surface area contributed by atoms with E-state index < -0.39 is 5.97 Å². The fraction of sp³-hybridized carbons (Fsp3) is 0.222. The monoisotopic (exact) mass is 214 g/mol. The number of nitrogens with one attached hydrogen (secondary N) is 1. The number of hydrogen-bond acceptors (Lipinski definition) is 4. The molecule has 5 heteroatoms. The molecule has 3 N–H and O–H groups in total. The Labute approximate surface area is 87.0 Å². The number of ether oxygens (including phenoxy) is 1. The summed E-state index contributed by atoms with van der Waals surface area (Å²) in [6, 6.07) is 3.07. The molecule has 1 aromatic carbocycles. The van der Waals surface area contributed by atoms with Gasteiger partial charge in [0, 0.05) is 7.05 Å². The van der Waals surface area contributed by atoms with Gasteiger partial charge in [0.2, 0.25) is 0 Å². The van der Waals surface area contributed by atoms with Crippen molar-refractivity contribution in [2.75, 3.05) is 25.2 Å². The number of carbonyl (C=O) groups excluding carboxylic acids is 1. The summed E-state index contributed by atoms with van der Waals surface area (Å²) in [6.45, 7) is 0. The molecule has 0 aromatic heterocycles. The molecule has 0 bridgehead atoms. The number of anilines is 2. The van der Waals surface area contributed by atoms with E-state index in [9.17, 15) is 4.79 Å². The molecule has 0 aliphatic rings. The van der Waals surface area contributed by atoms with E-state index in [-0.39, 0.29) is 5.56 Å². The Hall–Kier alpha value is -1.42. The van der Waals surface area contributed by atoms with Crippen molar-refractivity contribution in [2.24, 2.45) is 0 Å². The Morgan fingerprint density at radius 2 is 2.21 bits per heavy atom. The highest BCUT2D eigenvalue weighted by Crippen LogP contribution is 2.27. The van der Waals surface area contributed by atoms with Crippen molar-refractivity contribution in [1.29, 1.82) is 0 Å². The molecule has 0 saturated carbocycles. The largest absolute Gasteiger partial charge is 0.465 e. The normalized spacial score (nSPS) is 9.64. The molecule has 0 atom stereocenters. The molecule has 0 unspecified atom stereocenters. The molecule has 76 valence electrons. The molecule has 1 aromatic rings. The highest BCUT2D eigenvalue weighted by molar-refractivity contribution is 6.34. The molecular weight excluding hydrogens is 204 g/mol. The maximum atomic E-state index is 11.2. The molecule has 0 aliphatic heterocycles. The number of halogens is 1.